The molecule has 2 N–H and O–H groups in total. The van der Waals surface area contributed by atoms with Gasteiger partial charge in [-0.25, -0.2) is 18.0 Å². The van der Waals surface area contributed by atoms with Crippen LogP contribution in [0, 0.1) is 28.8 Å². The van der Waals surface area contributed by atoms with E-state index >= 15 is 0 Å². The molecule has 1 aliphatic heterocycles. The summed E-state index contributed by atoms with van der Waals surface area (Å²) in [5.41, 5.74) is 0.135. The molecule has 0 saturated heterocycles. The Balaban J connectivity index is 1.68. The maximum absolute atomic E-state index is 13.9. The first-order chi connectivity index (χ1) is 13.3. The van der Waals surface area contributed by atoms with Crippen LogP contribution in [0.4, 0.5) is 23.7 Å². The number of hydrogen-bond donors (Lipinski definition) is 2. The molecule has 2 aromatic rings. The summed E-state index contributed by atoms with van der Waals surface area (Å²) in [6.07, 6.45) is 0.878. The number of amides is 3. The zero-order valence-corrected chi connectivity index (χ0v) is 14.6. The molecule has 0 fully saturated rings. The van der Waals surface area contributed by atoms with Crippen LogP contribution in [-0.4, -0.2) is 28.4 Å². The van der Waals surface area contributed by atoms with E-state index in [9.17, 15) is 22.8 Å². The van der Waals surface area contributed by atoms with Crippen LogP contribution in [0.5, 0.6) is 0 Å². The molecule has 1 aromatic carbocycles. The van der Waals surface area contributed by atoms with Crippen molar-refractivity contribution < 1.29 is 22.8 Å². The molecule has 1 atom stereocenters. The van der Waals surface area contributed by atoms with E-state index in [4.69, 9.17) is 5.26 Å². The summed E-state index contributed by atoms with van der Waals surface area (Å²) in [5, 5.41) is 13.8. The van der Waals surface area contributed by atoms with Crippen molar-refractivity contribution in [2.45, 2.75) is 19.5 Å². The fourth-order valence-corrected chi connectivity index (χ4v) is 2.76. The van der Waals surface area contributed by atoms with Gasteiger partial charge in [-0.2, -0.15) is 5.26 Å². The van der Waals surface area contributed by atoms with Gasteiger partial charge in [0.2, 0.25) is 5.91 Å². The lowest BCUT2D eigenvalue weighted by molar-refractivity contribution is -0.122. The molecule has 3 rings (SSSR count). The van der Waals surface area contributed by atoms with Gasteiger partial charge in [0.1, 0.15) is 12.6 Å². The van der Waals surface area contributed by atoms with Crippen LogP contribution in [0.1, 0.15) is 29.8 Å². The van der Waals surface area contributed by atoms with Crippen molar-refractivity contribution in [3.63, 3.8) is 0 Å². The predicted octanol–water partition coefficient (Wildman–Crippen LogP) is 2.60. The number of benzene rings is 1. The Morgan fingerprint density at radius 3 is 2.86 bits per heavy atom. The van der Waals surface area contributed by atoms with Crippen molar-refractivity contribution in [2.24, 2.45) is 0 Å². The number of carbonyl (C=O) groups excluding carboxylic acids is 2. The van der Waals surface area contributed by atoms with Gasteiger partial charge in [0.15, 0.2) is 17.5 Å². The molecule has 0 bridgehead atoms. The second-order valence-corrected chi connectivity index (χ2v) is 6.16. The van der Waals surface area contributed by atoms with Crippen LogP contribution in [0.15, 0.2) is 24.4 Å². The first-order valence-electron chi connectivity index (χ1n) is 8.18. The standard InChI is InChI=1S/C18H14F3N5O2/c1-9(15-4-10(5-22)13(20)6-23-15)24-16(27)8-26-7-11-14(25-18(26)28)3-2-12(19)17(11)21/h2-4,6,9H,7-8H2,1H3,(H,24,27)(H,25,28)/t9-/m0/s1. The minimum Gasteiger partial charge on any atom is -0.346 e. The van der Waals surface area contributed by atoms with Gasteiger partial charge >= 0.3 is 6.03 Å². The molecular weight excluding hydrogens is 375 g/mol. The van der Waals surface area contributed by atoms with E-state index in [-0.39, 0.29) is 29.1 Å². The van der Waals surface area contributed by atoms with Crippen LogP contribution >= 0.6 is 0 Å². The third kappa shape index (κ3) is 3.73. The molecule has 28 heavy (non-hydrogen) atoms. The summed E-state index contributed by atoms with van der Waals surface area (Å²) in [4.78, 5) is 29.2. The van der Waals surface area contributed by atoms with Gasteiger partial charge in [0.05, 0.1) is 35.7 Å². The summed E-state index contributed by atoms with van der Waals surface area (Å²) in [7, 11) is 0. The van der Waals surface area contributed by atoms with Crippen molar-refractivity contribution in [1.29, 1.82) is 5.26 Å². The van der Waals surface area contributed by atoms with Gasteiger partial charge in [0, 0.05) is 5.56 Å². The lowest BCUT2D eigenvalue weighted by Gasteiger charge is -2.29. The van der Waals surface area contributed by atoms with Gasteiger partial charge in [-0.05, 0) is 25.1 Å². The third-order valence-electron chi connectivity index (χ3n) is 4.23. The summed E-state index contributed by atoms with van der Waals surface area (Å²) in [6.45, 7) is 0.873. The number of rotatable bonds is 4. The molecule has 0 unspecified atom stereocenters. The average molecular weight is 389 g/mol. The zero-order valence-electron chi connectivity index (χ0n) is 14.6. The monoisotopic (exact) mass is 389 g/mol. The Morgan fingerprint density at radius 2 is 2.14 bits per heavy atom. The van der Waals surface area contributed by atoms with Crippen molar-refractivity contribution in [2.75, 3.05) is 11.9 Å². The number of carbonyl (C=O) groups is 2. The quantitative estimate of drug-likeness (QED) is 0.840. The normalized spacial score (nSPS) is 14.0. The van der Waals surface area contributed by atoms with Crippen LogP contribution in [0.25, 0.3) is 0 Å². The van der Waals surface area contributed by atoms with Crippen molar-refractivity contribution >= 4 is 17.6 Å². The van der Waals surface area contributed by atoms with Crippen molar-refractivity contribution in [1.82, 2.24) is 15.2 Å². The molecule has 0 aliphatic carbocycles. The molecule has 0 spiro atoms. The van der Waals surface area contributed by atoms with Crippen LogP contribution in [0.3, 0.4) is 0 Å². The van der Waals surface area contributed by atoms with Crippen LogP contribution in [0.2, 0.25) is 0 Å². The van der Waals surface area contributed by atoms with Gasteiger partial charge in [0.25, 0.3) is 0 Å². The molecule has 1 aliphatic rings. The SMILES string of the molecule is C[C@H](NC(=O)CN1Cc2c(ccc(F)c2F)NC1=O)c1cc(C#N)c(F)cn1. The number of pyridine rings is 1. The first-order valence-corrected chi connectivity index (χ1v) is 8.18. The molecular formula is C18H14F3N5O2. The van der Waals surface area contributed by atoms with Crippen LogP contribution < -0.4 is 10.6 Å². The topological polar surface area (TPSA) is 98.1 Å². The number of anilines is 1. The Hall–Kier alpha value is -3.61. The van der Waals surface area contributed by atoms with E-state index < -0.39 is 42.0 Å². The van der Waals surface area contributed by atoms with E-state index in [1.54, 1.807) is 13.0 Å². The molecule has 2 heterocycles. The van der Waals surface area contributed by atoms with E-state index in [0.717, 1.165) is 17.2 Å². The van der Waals surface area contributed by atoms with Gasteiger partial charge in [-0.15, -0.1) is 0 Å². The first kappa shape index (κ1) is 19.2. The number of urea groups is 1. The number of aromatic nitrogens is 1. The Kier molecular flexibility index (Phi) is 5.17. The molecule has 7 nitrogen and oxygen atoms in total. The van der Waals surface area contributed by atoms with E-state index in [1.807, 2.05) is 0 Å². The number of fused-ring (bicyclic) bond motifs is 1. The fourth-order valence-electron chi connectivity index (χ4n) is 2.76. The maximum Gasteiger partial charge on any atom is 0.322 e. The van der Waals surface area contributed by atoms with E-state index in [2.05, 4.69) is 15.6 Å². The number of nitrogens with one attached hydrogen (secondary N) is 2. The van der Waals surface area contributed by atoms with Crippen LogP contribution in [-0.2, 0) is 11.3 Å². The highest BCUT2D eigenvalue weighted by Crippen LogP contribution is 2.27. The Bertz CT molecular complexity index is 1010. The third-order valence-corrected chi connectivity index (χ3v) is 4.23. The minimum atomic E-state index is -1.09. The van der Waals surface area contributed by atoms with Crippen molar-refractivity contribution in [3.8, 4) is 6.07 Å². The lowest BCUT2D eigenvalue weighted by Crippen LogP contribution is -2.45. The van der Waals surface area contributed by atoms with Crippen molar-refractivity contribution in [3.05, 3.63) is 58.7 Å². The highest BCUT2D eigenvalue weighted by Gasteiger charge is 2.28. The summed E-state index contributed by atoms with van der Waals surface area (Å²) >= 11 is 0. The van der Waals surface area contributed by atoms with Gasteiger partial charge in [-0.3, -0.25) is 9.78 Å². The number of hydrogen-bond acceptors (Lipinski definition) is 4. The summed E-state index contributed by atoms with van der Waals surface area (Å²) in [6, 6.07) is 3.74. The molecule has 10 heteroatoms. The molecule has 3 amide bonds. The predicted molar refractivity (Wildman–Crippen MR) is 91.3 cm³/mol. The Labute approximate surface area is 157 Å². The molecule has 0 radical (unpaired) electrons. The lowest BCUT2D eigenvalue weighted by atomic mass is 10.1. The highest BCUT2D eigenvalue weighted by atomic mass is 19.2. The number of nitriles is 1. The largest absolute Gasteiger partial charge is 0.346 e. The summed E-state index contributed by atoms with van der Waals surface area (Å²) < 4.78 is 40.7. The van der Waals surface area contributed by atoms with E-state index in [1.165, 1.54) is 12.1 Å². The highest BCUT2D eigenvalue weighted by molar-refractivity contribution is 5.94. The maximum atomic E-state index is 13.9. The van der Waals surface area contributed by atoms with E-state index in [0.29, 0.717) is 0 Å². The molecule has 1 aromatic heterocycles. The summed E-state index contributed by atoms with van der Waals surface area (Å²) in [5.74, 6) is -3.50. The second-order valence-electron chi connectivity index (χ2n) is 6.16. The second kappa shape index (κ2) is 7.56. The fraction of sp³-hybridized carbons (Fsp3) is 0.222. The average Bonchev–Trinajstić information content (AvgIpc) is 2.66. The number of halogens is 3. The van der Waals surface area contributed by atoms with Gasteiger partial charge < -0.3 is 15.5 Å². The minimum absolute atomic E-state index is 0.0562. The smallest absolute Gasteiger partial charge is 0.322 e. The molecule has 144 valence electrons. The number of nitrogens with zero attached hydrogens (tertiary/aromatic N) is 3. The zero-order chi connectivity index (χ0) is 20.4. The Morgan fingerprint density at radius 1 is 1.39 bits per heavy atom. The molecule has 0 saturated carbocycles. The van der Waals surface area contributed by atoms with Gasteiger partial charge in [-0.1, -0.05) is 0 Å².